The number of aromatic nitrogens is 1. The van der Waals surface area contributed by atoms with Crippen LogP contribution in [0.25, 0.3) is 6.08 Å². The summed E-state index contributed by atoms with van der Waals surface area (Å²) in [6, 6.07) is 9.63. The molecule has 0 amide bonds. The standard InChI is InChI=1S/C15H10Cl3N3O2/c16-10-12(11(17)14(18)20-13(10)15(22)23)21-19-8-4-7-9-5-2-1-3-6-9/h1-8H,(H,20,21)(H,22,23)/b7-4+,19-8-. The van der Waals surface area contributed by atoms with Crippen LogP contribution in [-0.4, -0.2) is 22.3 Å². The third-order valence-corrected chi connectivity index (χ3v) is 3.77. The van der Waals surface area contributed by atoms with Crippen molar-refractivity contribution in [1.82, 2.24) is 4.98 Å². The van der Waals surface area contributed by atoms with Gasteiger partial charge in [0, 0.05) is 6.21 Å². The Hall–Kier alpha value is -2.08. The van der Waals surface area contributed by atoms with E-state index in [-0.39, 0.29) is 20.9 Å². The highest BCUT2D eigenvalue weighted by atomic mass is 35.5. The monoisotopic (exact) mass is 369 g/mol. The quantitative estimate of drug-likeness (QED) is 0.448. The molecule has 0 aliphatic carbocycles. The first kappa shape index (κ1) is 17.3. The van der Waals surface area contributed by atoms with E-state index < -0.39 is 11.7 Å². The molecule has 0 atom stereocenters. The Morgan fingerprint density at radius 3 is 2.52 bits per heavy atom. The molecule has 118 valence electrons. The van der Waals surface area contributed by atoms with E-state index in [2.05, 4.69) is 15.5 Å². The van der Waals surface area contributed by atoms with Crippen molar-refractivity contribution in [2.75, 3.05) is 5.43 Å². The number of nitrogens with zero attached hydrogens (tertiary/aromatic N) is 2. The van der Waals surface area contributed by atoms with Gasteiger partial charge in [-0.3, -0.25) is 5.43 Å². The number of hydrogen-bond acceptors (Lipinski definition) is 4. The van der Waals surface area contributed by atoms with E-state index in [0.717, 1.165) is 5.56 Å². The van der Waals surface area contributed by atoms with E-state index >= 15 is 0 Å². The van der Waals surface area contributed by atoms with Gasteiger partial charge in [-0.05, 0) is 11.6 Å². The smallest absolute Gasteiger partial charge is 0.356 e. The number of anilines is 1. The van der Waals surface area contributed by atoms with Crippen LogP contribution in [0.1, 0.15) is 16.1 Å². The summed E-state index contributed by atoms with van der Waals surface area (Å²) in [5, 5.41) is 12.6. The molecule has 0 spiro atoms. The van der Waals surface area contributed by atoms with Gasteiger partial charge in [0.25, 0.3) is 0 Å². The Kier molecular flexibility index (Phi) is 5.98. The third kappa shape index (κ3) is 4.45. The van der Waals surface area contributed by atoms with E-state index in [1.165, 1.54) is 6.21 Å². The summed E-state index contributed by atoms with van der Waals surface area (Å²) in [5.74, 6) is -1.32. The molecule has 0 aliphatic heterocycles. The molecule has 0 aliphatic rings. The van der Waals surface area contributed by atoms with Crippen LogP contribution < -0.4 is 5.43 Å². The second kappa shape index (κ2) is 7.97. The Bertz CT molecular complexity index is 777. The lowest BCUT2D eigenvalue weighted by atomic mass is 10.2. The van der Waals surface area contributed by atoms with Crippen LogP contribution in [0.5, 0.6) is 0 Å². The number of carbonyl (C=O) groups is 1. The number of hydrogen-bond donors (Lipinski definition) is 2. The SMILES string of the molecule is O=C(O)c1nc(Cl)c(Cl)c(N/N=C\C=C\c2ccccc2)c1Cl. The first-order valence-electron chi connectivity index (χ1n) is 6.29. The number of nitrogens with one attached hydrogen (secondary N) is 1. The maximum Gasteiger partial charge on any atom is 0.356 e. The predicted molar refractivity (Wildman–Crippen MR) is 93.8 cm³/mol. The number of hydrazone groups is 1. The number of pyridine rings is 1. The lowest BCUT2D eigenvalue weighted by Gasteiger charge is -2.09. The van der Waals surface area contributed by atoms with Crippen molar-refractivity contribution in [2.45, 2.75) is 0 Å². The van der Waals surface area contributed by atoms with Gasteiger partial charge in [0.2, 0.25) is 0 Å². The molecule has 0 unspecified atom stereocenters. The maximum absolute atomic E-state index is 11.0. The molecule has 8 heteroatoms. The number of aromatic carboxylic acids is 1. The average Bonchev–Trinajstić information content (AvgIpc) is 2.54. The summed E-state index contributed by atoms with van der Waals surface area (Å²) in [6.07, 6.45) is 5.01. The highest BCUT2D eigenvalue weighted by Gasteiger charge is 2.20. The van der Waals surface area contributed by atoms with Crippen molar-refractivity contribution in [3.63, 3.8) is 0 Å². The van der Waals surface area contributed by atoms with Gasteiger partial charge in [0.15, 0.2) is 10.8 Å². The van der Waals surface area contributed by atoms with Crippen molar-refractivity contribution >= 4 is 58.8 Å². The molecule has 0 bridgehead atoms. The zero-order chi connectivity index (χ0) is 16.8. The normalized spacial score (nSPS) is 11.3. The molecule has 2 aromatic rings. The molecule has 0 fully saturated rings. The summed E-state index contributed by atoms with van der Waals surface area (Å²) in [4.78, 5) is 14.7. The number of allylic oxidation sites excluding steroid dienone is 1. The number of halogens is 3. The molecule has 0 saturated carbocycles. The van der Waals surface area contributed by atoms with Crippen molar-refractivity contribution in [1.29, 1.82) is 0 Å². The van der Waals surface area contributed by atoms with Gasteiger partial charge in [-0.1, -0.05) is 71.2 Å². The topological polar surface area (TPSA) is 74.6 Å². The minimum atomic E-state index is -1.32. The predicted octanol–water partition coefficient (Wildman–Crippen LogP) is 4.85. The summed E-state index contributed by atoms with van der Waals surface area (Å²) >= 11 is 17.7. The summed E-state index contributed by atoms with van der Waals surface area (Å²) in [6.45, 7) is 0. The van der Waals surface area contributed by atoms with Crippen molar-refractivity contribution in [3.05, 3.63) is 62.9 Å². The molecule has 1 aromatic heterocycles. The number of carboxylic acids is 1. The van der Waals surface area contributed by atoms with Crippen LogP contribution in [-0.2, 0) is 0 Å². The summed E-state index contributed by atoms with van der Waals surface area (Å²) in [5.41, 5.74) is 3.25. The van der Waals surface area contributed by atoms with Crippen molar-refractivity contribution in [3.8, 4) is 0 Å². The van der Waals surface area contributed by atoms with Gasteiger partial charge in [-0.15, -0.1) is 0 Å². The van der Waals surface area contributed by atoms with E-state index in [1.54, 1.807) is 6.08 Å². The first-order valence-corrected chi connectivity index (χ1v) is 7.42. The number of benzene rings is 1. The number of carboxylic acid groups (broad SMARTS) is 1. The Morgan fingerprint density at radius 1 is 1.17 bits per heavy atom. The van der Waals surface area contributed by atoms with E-state index in [9.17, 15) is 4.79 Å². The molecule has 1 heterocycles. The highest BCUT2D eigenvalue weighted by Crippen LogP contribution is 2.36. The molecule has 5 nitrogen and oxygen atoms in total. The van der Waals surface area contributed by atoms with Crippen molar-refractivity contribution in [2.24, 2.45) is 5.10 Å². The zero-order valence-electron chi connectivity index (χ0n) is 11.5. The van der Waals surface area contributed by atoms with E-state index in [4.69, 9.17) is 39.9 Å². The average molecular weight is 371 g/mol. The summed E-state index contributed by atoms with van der Waals surface area (Å²) < 4.78 is 0. The molecule has 0 radical (unpaired) electrons. The van der Waals surface area contributed by atoms with Gasteiger partial charge < -0.3 is 5.11 Å². The van der Waals surface area contributed by atoms with E-state index in [0.29, 0.717) is 0 Å². The molecule has 2 rings (SSSR count). The minimum Gasteiger partial charge on any atom is -0.476 e. The van der Waals surface area contributed by atoms with Gasteiger partial charge in [0.1, 0.15) is 10.0 Å². The molecule has 0 saturated heterocycles. The largest absolute Gasteiger partial charge is 0.476 e. The Labute approximate surface area is 147 Å². The molecular weight excluding hydrogens is 361 g/mol. The Balaban J connectivity index is 2.15. The fourth-order valence-corrected chi connectivity index (χ4v) is 2.28. The summed E-state index contributed by atoms with van der Waals surface area (Å²) in [7, 11) is 0. The molecular formula is C15H10Cl3N3O2. The van der Waals surface area contributed by atoms with E-state index in [1.807, 2.05) is 36.4 Å². The van der Waals surface area contributed by atoms with Crippen LogP contribution in [0.15, 0.2) is 41.5 Å². The van der Waals surface area contributed by atoms with Crippen LogP contribution in [0.4, 0.5) is 5.69 Å². The second-order valence-electron chi connectivity index (χ2n) is 4.22. The van der Waals surface area contributed by atoms with Crippen molar-refractivity contribution < 1.29 is 9.90 Å². The fourth-order valence-electron chi connectivity index (χ4n) is 1.62. The lowest BCUT2D eigenvalue weighted by molar-refractivity contribution is 0.0691. The van der Waals surface area contributed by atoms with Gasteiger partial charge in [-0.2, -0.15) is 5.10 Å². The van der Waals surface area contributed by atoms with Gasteiger partial charge in [0.05, 0.1) is 5.69 Å². The lowest BCUT2D eigenvalue weighted by Crippen LogP contribution is -2.05. The molecule has 1 aromatic carbocycles. The highest BCUT2D eigenvalue weighted by molar-refractivity contribution is 6.46. The van der Waals surface area contributed by atoms with Crippen LogP contribution in [0, 0.1) is 0 Å². The maximum atomic E-state index is 11.0. The van der Waals surface area contributed by atoms with Crippen LogP contribution in [0.2, 0.25) is 15.2 Å². The fraction of sp³-hybridized carbons (Fsp3) is 0. The van der Waals surface area contributed by atoms with Gasteiger partial charge in [-0.25, -0.2) is 9.78 Å². The number of rotatable bonds is 5. The Morgan fingerprint density at radius 2 is 1.87 bits per heavy atom. The van der Waals surface area contributed by atoms with Crippen LogP contribution >= 0.6 is 34.8 Å². The third-order valence-electron chi connectivity index (χ3n) is 2.67. The molecule has 2 N–H and O–H groups in total. The first-order chi connectivity index (χ1) is 11.0. The second-order valence-corrected chi connectivity index (χ2v) is 5.33. The van der Waals surface area contributed by atoms with Crippen LogP contribution in [0.3, 0.4) is 0 Å². The van der Waals surface area contributed by atoms with Gasteiger partial charge >= 0.3 is 5.97 Å². The molecule has 23 heavy (non-hydrogen) atoms. The zero-order valence-corrected chi connectivity index (χ0v) is 13.8. The minimum absolute atomic E-state index is 0.00847.